The number of hydrogen-bond donors (Lipinski definition) is 3. The third-order valence-electron chi connectivity index (χ3n) is 5.48. The van der Waals surface area contributed by atoms with Crippen LogP contribution in [0, 0.1) is 5.82 Å². The summed E-state index contributed by atoms with van der Waals surface area (Å²) < 4.78 is 26.9. The number of halogens is 1. The molecule has 9 heteroatoms. The number of imidazole rings is 1. The highest BCUT2D eigenvalue weighted by Gasteiger charge is 2.27. The smallest absolute Gasteiger partial charge is 0.164 e. The zero-order valence-corrected chi connectivity index (χ0v) is 17.4. The maximum Gasteiger partial charge on any atom is 0.164 e. The molecule has 0 amide bonds. The zero-order chi connectivity index (χ0) is 22.1. The molecule has 0 saturated carbocycles. The molecule has 32 heavy (non-hydrogen) atoms. The summed E-state index contributed by atoms with van der Waals surface area (Å²) in [6.07, 6.45) is 6.98. The first-order valence-corrected chi connectivity index (χ1v) is 10.2. The Balaban J connectivity index is 1.32. The largest absolute Gasteiger partial charge is 0.505 e. The first-order valence-electron chi connectivity index (χ1n) is 10.2. The second kappa shape index (κ2) is 8.26. The molecule has 2 heterocycles. The lowest BCUT2D eigenvalue weighted by molar-refractivity contribution is 0.282. The van der Waals surface area contributed by atoms with E-state index in [0.717, 1.165) is 35.3 Å². The zero-order valence-electron chi connectivity index (χ0n) is 17.4. The summed E-state index contributed by atoms with van der Waals surface area (Å²) >= 11 is 0. The van der Waals surface area contributed by atoms with Crippen molar-refractivity contribution in [2.24, 2.45) is 0 Å². The number of rotatable bonds is 8. The molecule has 2 aromatic carbocycles. The van der Waals surface area contributed by atoms with E-state index >= 15 is 0 Å². The van der Waals surface area contributed by atoms with Crippen LogP contribution in [0.5, 0.6) is 17.2 Å². The fourth-order valence-corrected chi connectivity index (χ4v) is 3.88. The number of nitrogens with one attached hydrogen (secondary N) is 2. The van der Waals surface area contributed by atoms with Gasteiger partial charge in [0.1, 0.15) is 0 Å². The molecular formula is C23H22FN5O3. The van der Waals surface area contributed by atoms with E-state index < -0.39 is 11.6 Å². The Morgan fingerprint density at radius 1 is 1.25 bits per heavy atom. The topological polar surface area (TPSA) is 97.2 Å². The number of aryl methyl sites for hydroxylation is 1. The summed E-state index contributed by atoms with van der Waals surface area (Å²) in [6.45, 7) is 1.39. The van der Waals surface area contributed by atoms with Crippen molar-refractivity contribution in [3.8, 4) is 28.5 Å². The molecule has 1 aliphatic carbocycles. The molecule has 164 valence electrons. The van der Waals surface area contributed by atoms with E-state index in [4.69, 9.17) is 9.47 Å². The second-order valence-electron chi connectivity index (χ2n) is 7.56. The molecule has 2 aromatic heterocycles. The highest BCUT2D eigenvalue weighted by molar-refractivity contribution is 5.81. The summed E-state index contributed by atoms with van der Waals surface area (Å²) in [6, 6.07) is 8.06. The van der Waals surface area contributed by atoms with Gasteiger partial charge in [-0.05, 0) is 36.2 Å². The van der Waals surface area contributed by atoms with Gasteiger partial charge in [0.05, 0.1) is 25.7 Å². The van der Waals surface area contributed by atoms with Crippen molar-refractivity contribution in [1.82, 2.24) is 19.7 Å². The number of anilines is 2. The van der Waals surface area contributed by atoms with Crippen molar-refractivity contribution in [2.45, 2.75) is 19.4 Å². The Labute approximate surface area is 183 Å². The predicted molar refractivity (Wildman–Crippen MR) is 117 cm³/mol. The van der Waals surface area contributed by atoms with Gasteiger partial charge >= 0.3 is 0 Å². The molecule has 1 aliphatic rings. The lowest BCUT2D eigenvalue weighted by Crippen LogP contribution is -2.04. The quantitative estimate of drug-likeness (QED) is 0.316. The highest BCUT2D eigenvalue weighted by atomic mass is 19.1. The third-order valence-corrected chi connectivity index (χ3v) is 5.48. The van der Waals surface area contributed by atoms with Gasteiger partial charge in [-0.2, -0.15) is 5.10 Å². The average molecular weight is 435 g/mol. The normalized spacial score (nSPS) is 11.8. The molecule has 0 saturated heterocycles. The van der Waals surface area contributed by atoms with Crippen LogP contribution in [0.3, 0.4) is 0 Å². The van der Waals surface area contributed by atoms with Crippen molar-refractivity contribution in [3.05, 3.63) is 66.0 Å². The SMILES string of the molecule is COc1cc2c(cc1OCCCn1ccnc1)Cc1c(Nc3ccc(F)c(O)c3)n[nH]c1-2. The van der Waals surface area contributed by atoms with Crippen LogP contribution in [0.15, 0.2) is 49.1 Å². The lowest BCUT2D eigenvalue weighted by Gasteiger charge is -2.13. The molecule has 0 unspecified atom stereocenters. The van der Waals surface area contributed by atoms with E-state index in [1.165, 1.54) is 12.1 Å². The van der Waals surface area contributed by atoms with Gasteiger partial charge in [-0.15, -0.1) is 0 Å². The maximum atomic E-state index is 13.3. The van der Waals surface area contributed by atoms with Gasteiger partial charge in [-0.1, -0.05) is 0 Å². The molecule has 0 bridgehead atoms. The number of phenols is 1. The monoisotopic (exact) mass is 435 g/mol. The molecule has 4 aromatic rings. The number of hydrogen-bond acceptors (Lipinski definition) is 6. The minimum absolute atomic E-state index is 0.412. The molecule has 0 atom stereocenters. The summed E-state index contributed by atoms with van der Waals surface area (Å²) in [7, 11) is 1.62. The van der Waals surface area contributed by atoms with E-state index in [1.54, 1.807) is 25.7 Å². The molecular weight excluding hydrogens is 413 g/mol. The summed E-state index contributed by atoms with van der Waals surface area (Å²) in [5.41, 5.74) is 4.55. The number of aromatic amines is 1. The van der Waals surface area contributed by atoms with Crippen LogP contribution in [-0.4, -0.2) is 38.6 Å². The molecule has 5 rings (SSSR count). The van der Waals surface area contributed by atoms with Gasteiger partial charge in [0.15, 0.2) is 28.9 Å². The highest BCUT2D eigenvalue weighted by Crippen LogP contribution is 2.44. The number of aromatic hydroxyl groups is 1. The van der Waals surface area contributed by atoms with Crippen LogP contribution in [0.4, 0.5) is 15.9 Å². The number of benzene rings is 2. The fourth-order valence-electron chi connectivity index (χ4n) is 3.88. The van der Waals surface area contributed by atoms with Crippen molar-refractivity contribution in [2.75, 3.05) is 19.0 Å². The van der Waals surface area contributed by atoms with Crippen molar-refractivity contribution >= 4 is 11.5 Å². The third kappa shape index (κ3) is 3.73. The maximum absolute atomic E-state index is 13.3. The number of ether oxygens (including phenoxy) is 2. The number of phenolic OH excluding ortho intramolecular Hbond substituents is 1. The van der Waals surface area contributed by atoms with E-state index in [0.29, 0.717) is 36.0 Å². The number of fused-ring (bicyclic) bond motifs is 3. The fraction of sp³-hybridized carbons (Fsp3) is 0.217. The Kier molecular flexibility index (Phi) is 5.14. The van der Waals surface area contributed by atoms with Gasteiger partial charge in [0.25, 0.3) is 0 Å². The molecule has 8 nitrogen and oxygen atoms in total. The number of aromatic nitrogens is 4. The van der Waals surface area contributed by atoms with Crippen LogP contribution in [0.2, 0.25) is 0 Å². The molecule has 0 spiro atoms. The van der Waals surface area contributed by atoms with E-state index in [1.807, 2.05) is 22.9 Å². The molecule has 0 fully saturated rings. The number of methoxy groups -OCH3 is 1. The first-order chi connectivity index (χ1) is 15.6. The minimum atomic E-state index is -0.667. The van der Waals surface area contributed by atoms with Gasteiger partial charge in [-0.3, -0.25) is 5.10 Å². The predicted octanol–water partition coefficient (Wildman–Crippen LogP) is 4.24. The van der Waals surface area contributed by atoms with Crippen LogP contribution in [0.1, 0.15) is 17.5 Å². The average Bonchev–Trinajstić information content (AvgIpc) is 3.51. The van der Waals surface area contributed by atoms with Crippen LogP contribution < -0.4 is 14.8 Å². The Morgan fingerprint density at radius 2 is 2.16 bits per heavy atom. The van der Waals surface area contributed by atoms with Crippen LogP contribution in [0.25, 0.3) is 11.3 Å². The van der Waals surface area contributed by atoms with Crippen molar-refractivity contribution < 1.29 is 19.0 Å². The van der Waals surface area contributed by atoms with Gasteiger partial charge in [0.2, 0.25) is 0 Å². The summed E-state index contributed by atoms with van der Waals surface area (Å²) in [5.74, 6) is 0.911. The number of nitrogens with zero attached hydrogens (tertiary/aromatic N) is 3. The molecule has 0 aliphatic heterocycles. The van der Waals surface area contributed by atoms with E-state index in [-0.39, 0.29) is 0 Å². The Hall–Kier alpha value is -4.01. The van der Waals surface area contributed by atoms with Crippen LogP contribution >= 0.6 is 0 Å². The number of H-pyrrole nitrogens is 1. The first kappa shape index (κ1) is 19.9. The van der Waals surface area contributed by atoms with Crippen molar-refractivity contribution in [1.29, 1.82) is 0 Å². The van der Waals surface area contributed by atoms with E-state index in [2.05, 4.69) is 20.5 Å². The van der Waals surface area contributed by atoms with E-state index in [9.17, 15) is 9.50 Å². The van der Waals surface area contributed by atoms with Gasteiger partial charge in [0, 0.05) is 48.2 Å². The summed E-state index contributed by atoms with van der Waals surface area (Å²) in [4.78, 5) is 4.04. The molecule has 0 radical (unpaired) electrons. The van der Waals surface area contributed by atoms with Crippen LogP contribution in [-0.2, 0) is 13.0 Å². The minimum Gasteiger partial charge on any atom is -0.505 e. The Bertz CT molecular complexity index is 1250. The van der Waals surface area contributed by atoms with Crippen molar-refractivity contribution in [3.63, 3.8) is 0 Å². The second-order valence-corrected chi connectivity index (χ2v) is 7.56. The Morgan fingerprint density at radius 3 is 2.94 bits per heavy atom. The standard InChI is InChI=1S/C23H22FN5O3/c1-31-20-12-16-14(10-21(20)32-8-2-6-29-7-5-25-13-29)9-17-22(16)27-28-23(17)26-15-3-4-18(24)19(30)11-15/h3-5,7,10-13,30H,2,6,8-9H2,1H3,(H2,26,27,28). The lowest BCUT2D eigenvalue weighted by atomic mass is 10.1. The van der Waals surface area contributed by atoms with Gasteiger partial charge < -0.3 is 24.5 Å². The summed E-state index contributed by atoms with van der Waals surface area (Å²) in [5, 5.41) is 20.2. The molecule has 3 N–H and O–H groups in total. The van der Waals surface area contributed by atoms with Gasteiger partial charge in [-0.25, -0.2) is 9.37 Å².